The van der Waals surface area contributed by atoms with Gasteiger partial charge in [-0.15, -0.1) is 11.6 Å². The third-order valence-corrected chi connectivity index (χ3v) is 5.31. The first-order valence-corrected chi connectivity index (χ1v) is 10.1. The Labute approximate surface area is 178 Å². The second-order valence-electron chi connectivity index (χ2n) is 6.94. The SMILES string of the molecule is C=Nc1nc(N2CCC(Cl)CC2)nc(NCc2ccccc2C(F)(F)F)c1/C=C\C. The fourth-order valence-electron chi connectivity index (χ4n) is 3.34. The highest BCUT2D eigenvalue weighted by Crippen LogP contribution is 2.33. The Bertz CT molecular complexity index is 921. The molecule has 160 valence electrons. The van der Waals surface area contributed by atoms with E-state index in [4.69, 9.17) is 11.6 Å². The van der Waals surface area contributed by atoms with Crippen LogP contribution in [0.2, 0.25) is 0 Å². The third-order valence-electron chi connectivity index (χ3n) is 4.87. The average Bonchev–Trinajstić information content (AvgIpc) is 2.73. The quantitative estimate of drug-likeness (QED) is 0.466. The third kappa shape index (κ3) is 5.11. The molecule has 1 aliphatic heterocycles. The fourth-order valence-corrected chi connectivity index (χ4v) is 3.54. The van der Waals surface area contributed by atoms with Gasteiger partial charge in [0, 0.05) is 25.0 Å². The van der Waals surface area contributed by atoms with E-state index in [0.717, 1.165) is 18.9 Å². The number of nitrogens with one attached hydrogen (secondary N) is 1. The summed E-state index contributed by atoms with van der Waals surface area (Å²) < 4.78 is 40.0. The molecule has 0 saturated carbocycles. The largest absolute Gasteiger partial charge is 0.416 e. The molecule has 2 aromatic rings. The van der Waals surface area contributed by atoms with Crippen molar-refractivity contribution in [2.24, 2.45) is 4.99 Å². The van der Waals surface area contributed by atoms with E-state index in [9.17, 15) is 13.2 Å². The van der Waals surface area contributed by atoms with Crippen LogP contribution >= 0.6 is 11.6 Å². The van der Waals surface area contributed by atoms with E-state index in [1.807, 2.05) is 11.8 Å². The van der Waals surface area contributed by atoms with Crippen molar-refractivity contribution >= 4 is 42.0 Å². The number of alkyl halides is 4. The molecule has 0 radical (unpaired) electrons. The first-order valence-electron chi connectivity index (χ1n) is 9.63. The summed E-state index contributed by atoms with van der Waals surface area (Å²) in [6, 6.07) is 5.48. The smallest absolute Gasteiger partial charge is 0.365 e. The second-order valence-corrected chi connectivity index (χ2v) is 7.55. The number of rotatable bonds is 6. The average molecular weight is 438 g/mol. The molecule has 1 aromatic carbocycles. The Hall–Kier alpha value is -2.61. The summed E-state index contributed by atoms with van der Waals surface area (Å²) in [6.07, 6.45) is 0.735. The number of halogens is 4. The van der Waals surface area contributed by atoms with Crippen molar-refractivity contribution in [3.8, 4) is 0 Å². The zero-order valence-electron chi connectivity index (χ0n) is 16.6. The molecule has 5 nitrogen and oxygen atoms in total. The summed E-state index contributed by atoms with van der Waals surface area (Å²) in [6.45, 7) is 6.77. The van der Waals surface area contributed by atoms with Crippen molar-refractivity contribution in [2.45, 2.75) is 37.9 Å². The molecule has 0 spiro atoms. The van der Waals surface area contributed by atoms with Gasteiger partial charge < -0.3 is 10.2 Å². The Morgan fingerprint density at radius 3 is 2.60 bits per heavy atom. The summed E-state index contributed by atoms with van der Waals surface area (Å²) in [5, 5.41) is 3.17. The van der Waals surface area contributed by atoms with Crippen LogP contribution < -0.4 is 10.2 Å². The molecule has 1 saturated heterocycles. The van der Waals surface area contributed by atoms with E-state index < -0.39 is 11.7 Å². The van der Waals surface area contributed by atoms with Crippen molar-refractivity contribution in [2.75, 3.05) is 23.3 Å². The van der Waals surface area contributed by atoms with Gasteiger partial charge >= 0.3 is 6.18 Å². The molecular weight excluding hydrogens is 415 g/mol. The van der Waals surface area contributed by atoms with Gasteiger partial charge in [0.2, 0.25) is 5.95 Å². The van der Waals surface area contributed by atoms with Gasteiger partial charge in [0.1, 0.15) is 5.82 Å². The number of piperidine rings is 1. The van der Waals surface area contributed by atoms with Gasteiger partial charge in [0.15, 0.2) is 5.82 Å². The summed E-state index contributed by atoms with van der Waals surface area (Å²) in [7, 11) is 0. The van der Waals surface area contributed by atoms with Crippen LogP contribution in [0, 0.1) is 0 Å². The molecule has 1 N–H and O–H groups in total. The van der Waals surface area contributed by atoms with E-state index >= 15 is 0 Å². The summed E-state index contributed by atoms with van der Waals surface area (Å²) >= 11 is 6.19. The highest BCUT2D eigenvalue weighted by Gasteiger charge is 2.32. The highest BCUT2D eigenvalue weighted by atomic mass is 35.5. The maximum Gasteiger partial charge on any atom is 0.416 e. The molecule has 30 heavy (non-hydrogen) atoms. The Morgan fingerprint density at radius 2 is 1.97 bits per heavy atom. The Kier molecular flexibility index (Phi) is 6.97. The lowest BCUT2D eigenvalue weighted by molar-refractivity contribution is -0.138. The zero-order chi connectivity index (χ0) is 21.7. The molecule has 1 fully saturated rings. The molecule has 0 unspecified atom stereocenters. The zero-order valence-corrected chi connectivity index (χ0v) is 17.3. The van der Waals surface area contributed by atoms with Crippen molar-refractivity contribution in [1.82, 2.24) is 9.97 Å². The van der Waals surface area contributed by atoms with E-state index in [1.165, 1.54) is 12.1 Å². The van der Waals surface area contributed by atoms with Gasteiger partial charge in [-0.05, 0) is 38.1 Å². The number of hydrogen-bond acceptors (Lipinski definition) is 5. The number of benzene rings is 1. The molecule has 9 heteroatoms. The lowest BCUT2D eigenvalue weighted by atomic mass is 10.1. The number of hydrogen-bond donors (Lipinski definition) is 1. The van der Waals surface area contributed by atoms with Crippen molar-refractivity contribution in [1.29, 1.82) is 0 Å². The van der Waals surface area contributed by atoms with Gasteiger partial charge in [-0.3, -0.25) is 0 Å². The van der Waals surface area contributed by atoms with Crippen LogP contribution in [0.25, 0.3) is 6.08 Å². The van der Waals surface area contributed by atoms with Crippen LogP contribution in [0.3, 0.4) is 0 Å². The molecule has 1 aromatic heterocycles. The first kappa shape index (κ1) is 22.1. The summed E-state index contributed by atoms with van der Waals surface area (Å²) in [5.74, 6) is 1.24. The summed E-state index contributed by atoms with van der Waals surface area (Å²) in [4.78, 5) is 15.1. The Balaban J connectivity index is 1.95. The maximum atomic E-state index is 13.3. The molecule has 3 rings (SSSR count). The van der Waals surface area contributed by atoms with Crippen LogP contribution in [-0.4, -0.2) is 35.2 Å². The number of aliphatic imine (C=N–C) groups is 1. The Morgan fingerprint density at radius 1 is 1.27 bits per heavy atom. The minimum Gasteiger partial charge on any atom is -0.365 e. The molecular formula is C21H23ClF3N5. The predicted octanol–water partition coefficient (Wildman–Crippen LogP) is 5.68. The number of allylic oxidation sites excluding steroid dienone is 1. The van der Waals surface area contributed by atoms with Crippen molar-refractivity contribution in [3.05, 3.63) is 47.0 Å². The summed E-state index contributed by atoms with van der Waals surface area (Å²) in [5.41, 5.74) is 0.0336. The second kappa shape index (κ2) is 9.47. The van der Waals surface area contributed by atoms with Crippen LogP contribution in [0.4, 0.5) is 30.8 Å². The van der Waals surface area contributed by atoms with Crippen LogP contribution in [0.5, 0.6) is 0 Å². The number of anilines is 2. The lowest BCUT2D eigenvalue weighted by Gasteiger charge is -2.30. The van der Waals surface area contributed by atoms with E-state index in [-0.39, 0.29) is 17.5 Å². The molecule has 0 aliphatic carbocycles. The minimum absolute atomic E-state index is 0.0446. The molecule has 0 bridgehead atoms. The van der Waals surface area contributed by atoms with Crippen molar-refractivity contribution in [3.63, 3.8) is 0 Å². The molecule has 0 amide bonds. The predicted molar refractivity (Wildman–Crippen MR) is 116 cm³/mol. The lowest BCUT2D eigenvalue weighted by Crippen LogP contribution is -2.35. The van der Waals surface area contributed by atoms with E-state index in [0.29, 0.717) is 36.2 Å². The maximum absolute atomic E-state index is 13.3. The molecule has 1 aliphatic rings. The number of aromatic nitrogens is 2. The van der Waals surface area contributed by atoms with Crippen LogP contribution in [0.1, 0.15) is 36.5 Å². The fraction of sp³-hybridized carbons (Fsp3) is 0.381. The van der Waals surface area contributed by atoms with E-state index in [2.05, 4.69) is 27.0 Å². The topological polar surface area (TPSA) is 53.4 Å². The molecule has 2 heterocycles. The van der Waals surface area contributed by atoms with Crippen LogP contribution in [-0.2, 0) is 12.7 Å². The van der Waals surface area contributed by atoms with E-state index in [1.54, 1.807) is 18.2 Å². The highest BCUT2D eigenvalue weighted by molar-refractivity contribution is 6.20. The van der Waals surface area contributed by atoms with Gasteiger partial charge in [0.05, 0.1) is 11.1 Å². The van der Waals surface area contributed by atoms with Crippen molar-refractivity contribution < 1.29 is 13.2 Å². The number of nitrogens with zero attached hydrogens (tertiary/aromatic N) is 4. The van der Waals surface area contributed by atoms with Gasteiger partial charge in [0.25, 0.3) is 0 Å². The molecule has 0 atom stereocenters. The van der Waals surface area contributed by atoms with Gasteiger partial charge in [-0.25, -0.2) is 4.99 Å². The van der Waals surface area contributed by atoms with Gasteiger partial charge in [-0.2, -0.15) is 23.1 Å². The first-order chi connectivity index (χ1) is 14.3. The van der Waals surface area contributed by atoms with Gasteiger partial charge in [-0.1, -0.05) is 30.4 Å². The minimum atomic E-state index is -4.43. The normalized spacial score (nSPS) is 15.6. The monoisotopic (exact) mass is 437 g/mol. The van der Waals surface area contributed by atoms with Crippen LogP contribution in [0.15, 0.2) is 35.3 Å². The standard InChI is InChI=1S/C21H23ClF3N5/c1-3-6-16-18(26-2)28-20(30-11-9-15(22)10-12-30)29-19(16)27-13-14-7-4-5-8-17(14)21(23,24)25/h3-8,15H,2,9-13H2,1H3,(H,27,28,29)/b6-3-.